The van der Waals surface area contributed by atoms with E-state index < -0.39 is 0 Å². The molecule has 0 fully saturated rings. The zero-order valence-electron chi connectivity index (χ0n) is 19.3. The second-order valence-corrected chi connectivity index (χ2v) is 8.45. The Morgan fingerprint density at radius 3 is 2.38 bits per heavy atom. The highest BCUT2D eigenvalue weighted by atomic mass is 35.5. The maximum absolute atomic E-state index is 13.4. The molecule has 34 heavy (non-hydrogen) atoms. The summed E-state index contributed by atoms with van der Waals surface area (Å²) >= 11 is 5.98. The summed E-state index contributed by atoms with van der Waals surface area (Å²) in [6.45, 7) is 5.69. The van der Waals surface area contributed by atoms with Gasteiger partial charge in [-0.15, -0.1) is 0 Å². The van der Waals surface area contributed by atoms with Gasteiger partial charge in [-0.2, -0.15) is 5.10 Å². The molecule has 1 amide bonds. The second-order valence-electron chi connectivity index (χ2n) is 8.01. The van der Waals surface area contributed by atoms with E-state index in [1.807, 2.05) is 32.0 Å². The summed E-state index contributed by atoms with van der Waals surface area (Å²) < 4.78 is 6.97. The van der Waals surface area contributed by atoms with E-state index in [1.54, 1.807) is 67.2 Å². The van der Waals surface area contributed by atoms with Gasteiger partial charge >= 0.3 is 0 Å². The normalized spacial score (nSPS) is 10.7. The van der Waals surface area contributed by atoms with Crippen molar-refractivity contribution in [2.45, 2.75) is 20.8 Å². The molecule has 0 saturated heterocycles. The number of amides is 1. The molecule has 0 saturated carbocycles. The Labute approximate surface area is 202 Å². The van der Waals surface area contributed by atoms with E-state index in [0.717, 1.165) is 16.8 Å². The number of anilines is 1. The third-order valence-corrected chi connectivity index (χ3v) is 5.94. The Morgan fingerprint density at radius 2 is 1.71 bits per heavy atom. The van der Waals surface area contributed by atoms with E-state index in [4.69, 9.17) is 16.3 Å². The highest BCUT2D eigenvalue weighted by Crippen LogP contribution is 2.30. The number of aryl methyl sites for hydroxylation is 3. The molecule has 0 atom stereocenters. The monoisotopic (exact) mass is 473 g/mol. The van der Waals surface area contributed by atoms with Gasteiger partial charge in [0.25, 0.3) is 5.91 Å². The average Bonchev–Trinajstić information content (AvgIpc) is 2.83. The largest absolute Gasteiger partial charge is 0.497 e. The van der Waals surface area contributed by atoms with E-state index in [-0.39, 0.29) is 17.2 Å². The van der Waals surface area contributed by atoms with Crippen molar-refractivity contribution in [2.24, 2.45) is 0 Å². The van der Waals surface area contributed by atoms with Gasteiger partial charge in [-0.3, -0.25) is 9.59 Å². The second kappa shape index (κ2) is 9.53. The lowest BCUT2D eigenvalue weighted by Crippen LogP contribution is -2.25. The van der Waals surface area contributed by atoms with Crippen LogP contribution in [0.15, 0.2) is 71.5 Å². The smallest absolute Gasteiger partial charge is 0.256 e. The molecule has 6 nitrogen and oxygen atoms in total. The van der Waals surface area contributed by atoms with Gasteiger partial charge in [0.1, 0.15) is 17.3 Å². The van der Waals surface area contributed by atoms with Crippen molar-refractivity contribution in [1.29, 1.82) is 0 Å². The van der Waals surface area contributed by atoms with Crippen LogP contribution < -0.4 is 15.5 Å². The molecular formula is C27H24ClN3O3. The van der Waals surface area contributed by atoms with Crippen LogP contribution in [0.3, 0.4) is 0 Å². The highest BCUT2D eigenvalue weighted by Gasteiger charge is 2.21. The Kier molecular flexibility index (Phi) is 6.52. The molecule has 0 aliphatic carbocycles. The van der Waals surface area contributed by atoms with Crippen LogP contribution >= 0.6 is 11.6 Å². The standard InChI is InChI=1S/C27H24ClN3O3/c1-16-8-13-22(14-17(16)2)31-26(29-27(33)19-9-11-21(28)12-10-19)24(25(32)18(3)30-31)20-6-5-7-23(15-20)34-4/h5-15H,1-4H3,(H,29,33). The number of benzene rings is 3. The van der Waals surface area contributed by atoms with Gasteiger partial charge in [0, 0.05) is 10.6 Å². The Balaban J connectivity index is 1.98. The lowest BCUT2D eigenvalue weighted by molar-refractivity contribution is 0.102. The molecule has 1 N–H and O–H groups in total. The summed E-state index contributed by atoms with van der Waals surface area (Å²) in [6, 6.07) is 19.6. The number of halogens is 1. The zero-order valence-corrected chi connectivity index (χ0v) is 20.1. The summed E-state index contributed by atoms with van der Waals surface area (Å²) in [6.07, 6.45) is 0. The van der Waals surface area contributed by atoms with Crippen LogP contribution in [0.4, 0.5) is 5.82 Å². The van der Waals surface area contributed by atoms with Crippen molar-refractivity contribution in [1.82, 2.24) is 9.78 Å². The molecule has 1 heterocycles. The number of rotatable bonds is 5. The molecule has 1 aromatic heterocycles. The minimum absolute atomic E-state index is 0.270. The first-order chi connectivity index (χ1) is 16.3. The first-order valence-electron chi connectivity index (χ1n) is 10.7. The molecule has 0 spiro atoms. The van der Waals surface area contributed by atoms with E-state index in [2.05, 4.69) is 10.4 Å². The molecule has 7 heteroatoms. The van der Waals surface area contributed by atoms with E-state index in [1.165, 1.54) is 0 Å². The summed E-state index contributed by atoms with van der Waals surface area (Å²) in [5.74, 6) is 0.481. The van der Waals surface area contributed by atoms with E-state index in [9.17, 15) is 9.59 Å². The van der Waals surface area contributed by atoms with E-state index >= 15 is 0 Å². The topological polar surface area (TPSA) is 73.2 Å². The number of aromatic nitrogens is 2. The van der Waals surface area contributed by atoms with Crippen LogP contribution in [0.2, 0.25) is 5.02 Å². The van der Waals surface area contributed by atoms with Crippen molar-refractivity contribution < 1.29 is 9.53 Å². The van der Waals surface area contributed by atoms with Gasteiger partial charge in [-0.1, -0.05) is 29.8 Å². The lowest BCUT2D eigenvalue weighted by Gasteiger charge is -2.19. The third kappa shape index (κ3) is 4.58. The molecule has 0 radical (unpaired) electrons. The Morgan fingerprint density at radius 1 is 0.971 bits per heavy atom. The molecule has 4 rings (SSSR count). The summed E-state index contributed by atoms with van der Waals surface area (Å²) in [5.41, 5.74) is 4.28. The van der Waals surface area contributed by atoms with Crippen molar-refractivity contribution >= 4 is 23.3 Å². The lowest BCUT2D eigenvalue weighted by atomic mass is 10.0. The van der Waals surface area contributed by atoms with Crippen LogP contribution in [-0.4, -0.2) is 22.8 Å². The quantitative estimate of drug-likeness (QED) is 0.401. The van der Waals surface area contributed by atoms with Gasteiger partial charge in [0.2, 0.25) is 5.43 Å². The number of hydrogen-bond acceptors (Lipinski definition) is 4. The molecule has 0 unspecified atom stereocenters. The first-order valence-corrected chi connectivity index (χ1v) is 11.1. The fraction of sp³-hybridized carbons (Fsp3) is 0.148. The first kappa shape index (κ1) is 23.3. The number of carbonyl (C=O) groups excluding carboxylic acids is 1. The highest BCUT2D eigenvalue weighted by molar-refractivity contribution is 6.30. The van der Waals surface area contributed by atoms with Crippen molar-refractivity contribution in [3.63, 3.8) is 0 Å². The number of nitrogens with one attached hydrogen (secondary N) is 1. The van der Waals surface area contributed by atoms with Crippen LogP contribution in [0.25, 0.3) is 16.8 Å². The fourth-order valence-electron chi connectivity index (χ4n) is 3.63. The molecule has 172 valence electrons. The zero-order chi connectivity index (χ0) is 24.4. The SMILES string of the molecule is COc1cccc(-c2c(NC(=O)c3ccc(Cl)cc3)n(-c3ccc(C)c(C)c3)nc(C)c2=O)c1. The van der Waals surface area contributed by atoms with Crippen LogP contribution in [0.1, 0.15) is 27.2 Å². The van der Waals surface area contributed by atoms with E-state index in [0.29, 0.717) is 33.2 Å². The summed E-state index contributed by atoms with van der Waals surface area (Å²) in [7, 11) is 1.56. The maximum atomic E-state index is 13.4. The number of ether oxygens (including phenoxy) is 1. The number of carbonyl (C=O) groups is 1. The van der Waals surface area contributed by atoms with Gasteiger partial charge in [-0.25, -0.2) is 4.68 Å². The fourth-order valence-corrected chi connectivity index (χ4v) is 3.75. The molecular weight excluding hydrogens is 450 g/mol. The number of methoxy groups -OCH3 is 1. The van der Waals surface area contributed by atoms with Crippen LogP contribution in [-0.2, 0) is 0 Å². The van der Waals surface area contributed by atoms with Gasteiger partial charge in [0.15, 0.2) is 0 Å². The molecule has 0 aliphatic heterocycles. The Hall–Kier alpha value is -3.90. The minimum Gasteiger partial charge on any atom is -0.497 e. The van der Waals surface area contributed by atoms with Crippen molar-refractivity contribution in [3.8, 4) is 22.6 Å². The van der Waals surface area contributed by atoms with Gasteiger partial charge in [-0.05, 0) is 86.0 Å². The van der Waals surface area contributed by atoms with Crippen molar-refractivity contribution in [2.75, 3.05) is 12.4 Å². The predicted octanol–water partition coefficient (Wildman–Crippen LogP) is 5.74. The van der Waals surface area contributed by atoms with Crippen LogP contribution in [0, 0.1) is 20.8 Å². The number of nitrogens with zero attached hydrogens (tertiary/aromatic N) is 2. The van der Waals surface area contributed by atoms with Gasteiger partial charge in [0.05, 0.1) is 18.4 Å². The van der Waals surface area contributed by atoms with Crippen molar-refractivity contribution in [3.05, 3.63) is 104 Å². The third-order valence-electron chi connectivity index (χ3n) is 5.69. The van der Waals surface area contributed by atoms with Gasteiger partial charge < -0.3 is 10.1 Å². The summed E-state index contributed by atoms with van der Waals surface area (Å²) in [5, 5.41) is 8.00. The summed E-state index contributed by atoms with van der Waals surface area (Å²) in [4.78, 5) is 26.6. The molecule has 4 aromatic rings. The molecule has 3 aromatic carbocycles. The molecule has 0 bridgehead atoms. The minimum atomic E-state index is -0.386. The predicted molar refractivity (Wildman–Crippen MR) is 135 cm³/mol. The maximum Gasteiger partial charge on any atom is 0.256 e. The molecule has 0 aliphatic rings. The average molecular weight is 474 g/mol. The number of hydrogen-bond donors (Lipinski definition) is 1. The van der Waals surface area contributed by atoms with Crippen LogP contribution in [0.5, 0.6) is 5.75 Å². The Bertz CT molecular complexity index is 1440.